The Kier molecular flexibility index (Phi) is 1.88. The molecule has 0 unspecified atom stereocenters. The molecule has 0 saturated heterocycles. The molecule has 0 N–H and O–H groups in total. The number of rotatable bonds is 0. The van der Waals surface area contributed by atoms with Crippen molar-refractivity contribution >= 4 is 44.6 Å². The summed E-state index contributed by atoms with van der Waals surface area (Å²) in [6.07, 6.45) is 1.49. The minimum Gasteiger partial charge on any atom is -0.436 e. The van der Waals surface area contributed by atoms with Gasteiger partial charge in [0.15, 0.2) is 0 Å². The van der Waals surface area contributed by atoms with E-state index in [0.717, 1.165) is 21.7 Å². The number of aromatic nitrogens is 2. The van der Waals surface area contributed by atoms with E-state index in [9.17, 15) is 0 Å². The topological polar surface area (TPSA) is 38.9 Å². The highest BCUT2D eigenvalue weighted by Crippen LogP contribution is 2.30. The van der Waals surface area contributed by atoms with Crippen LogP contribution in [0.1, 0.15) is 0 Å². The maximum Gasteiger partial charge on any atom is 0.246 e. The third kappa shape index (κ3) is 1.31. The van der Waals surface area contributed by atoms with Gasteiger partial charge < -0.3 is 4.42 Å². The van der Waals surface area contributed by atoms with Gasteiger partial charge in [0.05, 0.1) is 6.20 Å². The number of halogens is 1. The van der Waals surface area contributed by atoms with Crippen molar-refractivity contribution in [3.05, 3.63) is 47.7 Å². The Bertz CT molecular complexity index is 898. The molecule has 0 spiro atoms. The number of hydrogen-bond acceptors (Lipinski definition) is 3. The Morgan fingerprint density at radius 3 is 2.67 bits per heavy atom. The van der Waals surface area contributed by atoms with Crippen molar-refractivity contribution in [3.63, 3.8) is 0 Å². The highest BCUT2D eigenvalue weighted by molar-refractivity contribution is 6.29. The van der Waals surface area contributed by atoms with E-state index in [4.69, 9.17) is 16.0 Å². The molecule has 0 saturated carbocycles. The van der Waals surface area contributed by atoms with Gasteiger partial charge in [-0.15, -0.1) is 0 Å². The predicted octanol–water partition coefficient (Wildman–Crippen LogP) is 4.18. The van der Waals surface area contributed by atoms with E-state index < -0.39 is 0 Å². The fourth-order valence-corrected chi connectivity index (χ4v) is 2.33. The molecule has 3 nitrogen and oxygen atoms in total. The van der Waals surface area contributed by atoms with Crippen molar-refractivity contribution in [1.82, 2.24) is 9.97 Å². The number of fused-ring (bicyclic) bond motifs is 4. The van der Waals surface area contributed by atoms with Crippen LogP contribution in [0.3, 0.4) is 0 Å². The van der Waals surface area contributed by atoms with Gasteiger partial charge in [-0.05, 0) is 22.9 Å². The molecule has 4 heteroatoms. The zero-order valence-corrected chi connectivity index (χ0v) is 9.98. The lowest BCUT2D eigenvalue weighted by Crippen LogP contribution is -1.79. The van der Waals surface area contributed by atoms with Crippen LogP contribution in [0, 0.1) is 0 Å². The molecule has 2 aromatic carbocycles. The lowest BCUT2D eigenvalue weighted by atomic mass is 10.1. The molecule has 4 aromatic rings. The van der Waals surface area contributed by atoms with Gasteiger partial charge in [0.1, 0.15) is 16.3 Å². The Morgan fingerprint density at radius 2 is 1.83 bits per heavy atom. The lowest BCUT2D eigenvalue weighted by molar-refractivity contribution is 0.653. The summed E-state index contributed by atoms with van der Waals surface area (Å²) in [5.41, 5.74) is 2.01. The summed E-state index contributed by atoms with van der Waals surface area (Å²) in [4.78, 5) is 8.43. The summed E-state index contributed by atoms with van der Waals surface area (Å²) >= 11 is 5.88. The standard InChI is InChI=1S/C14H7ClN2O/c15-12-7-16-14-13(17-12)10-5-8-3-1-2-4-9(8)6-11(10)18-14/h1-7H. The van der Waals surface area contributed by atoms with Crippen molar-refractivity contribution in [2.45, 2.75) is 0 Å². The highest BCUT2D eigenvalue weighted by Gasteiger charge is 2.10. The Morgan fingerprint density at radius 1 is 1.06 bits per heavy atom. The second-order valence-corrected chi connectivity index (χ2v) is 4.53. The normalized spacial score (nSPS) is 11.6. The molecule has 0 atom stereocenters. The molecule has 0 radical (unpaired) electrons. The quantitative estimate of drug-likeness (QED) is 0.472. The molecule has 0 amide bonds. The SMILES string of the molecule is Clc1cnc2oc3cc4ccccc4cc3c2n1. The van der Waals surface area contributed by atoms with Gasteiger partial charge in [0.2, 0.25) is 5.71 Å². The van der Waals surface area contributed by atoms with Gasteiger partial charge >= 0.3 is 0 Å². The molecule has 2 aromatic heterocycles. The molecule has 0 aliphatic heterocycles. The van der Waals surface area contributed by atoms with E-state index in [1.807, 2.05) is 18.2 Å². The Labute approximate surface area is 107 Å². The molecular formula is C14H7ClN2O. The van der Waals surface area contributed by atoms with E-state index in [1.165, 1.54) is 6.20 Å². The minimum atomic E-state index is 0.373. The van der Waals surface area contributed by atoms with E-state index in [-0.39, 0.29) is 0 Å². The highest BCUT2D eigenvalue weighted by atomic mass is 35.5. The molecule has 0 bridgehead atoms. The fourth-order valence-electron chi connectivity index (χ4n) is 2.20. The van der Waals surface area contributed by atoms with Crippen LogP contribution >= 0.6 is 11.6 Å². The molecule has 0 aliphatic carbocycles. The summed E-state index contributed by atoms with van der Waals surface area (Å²) in [5, 5.41) is 3.60. The number of benzene rings is 2. The first-order valence-corrected chi connectivity index (χ1v) is 5.92. The monoisotopic (exact) mass is 254 g/mol. The fraction of sp³-hybridized carbons (Fsp3) is 0. The van der Waals surface area contributed by atoms with Crippen LogP contribution in [0.4, 0.5) is 0 Å². The van der Waals surface area contributed by atoms with Crippen LogP contribution in [0.2, 0.25) is 5.15 Å². The number of furan rings is 1. The number of hydrogen-bond donors (Lipinski definition) is 0. The summed E-state index contributed by atoms with van der Waals surface area (Å²) in [5.74, 6) is 0. The van der Waals surface area contributed by atoms with E-state index in [0.29, 0.717) is 16.4 Å². The third-order valence-electron chi connectivity index (χ3n) is 3.02. The van der Waals surface area contributed by atoms with Gasteiger partial charge in [-0.3, -0.25) is 0 Å². The molecule has 2 heterocycles. The van der Waals surface area contributed by atoms with Gasteiger partial charge in [-0.25, -0.2) is 9.97 Å². The molecule has 0 fully saturated rings. The minimum absolute atomic E-state index is 0.373. The van der Waals surface area contributed by atoms with Crippen molar-refractivity contribution < 1.29 is 4.42 Å². The molecule has 86 valence electrons. The summed E-state index contributed by atoms with van der Waals surface area (Å²) in [6.45, 7) is 0. The molecular weight excluding hydrogens is 248 g/mol. The zero-order chi connectivity index (χ0) is 12.1. The second-order valence-electron chi connectivity index (χ2n) is 4.14. The summed E-state index contributed by atoms with van der Waals surface area (Å²) < 4.78 is 5.68. The maximum atomic E-state index is 5.88. The van der Waals surface area contributed by atoms with Gasteiger partial charge in [-0.1, -0.05) is 35.9 Å². The van der Waals surface area contributed by atoms with E-state index in [1.54, 1.807) is 0 Å². The van der Waals surface area contributed by atoms with E-state index >= 15 is 0 Å². The van der Waals surface area contributed by atoms with Gasteiger partial charge in [-0.2, -0.15) is 0 Å². The van der Waals surface area contributed by atoms with Crippen molar-refractivity contribution in [2.24, 2.45) is 0 Å². The van der Waals surface area contributed by atoms with Crippen molar-refractivity contribution in [1.29, 1.82) is 0 Å². The van der Waals surface area contributed by atoms with Crippen LogP contribution < -0.4 is 0 Å². The van der Waals surface area contributed by atoms with Crippen molar-refractivity contribution in [2.75, 3.05) is 0 Å². The van der Waals surface area contributed by atoms with Crippen molar-refractivity contribution in [3.8, 4) is 0 Å². The molecule has 4 rings (SSSR count). The second kappa shape index (κ2) is 3.43. The van der Waals surface area contributed by atoms with E-state index in [2.05, 4.69) is 28.2 Å². The maximum absolute atomic E-state index is 5.88. The Balaban J connectivity index is 2.25. The van der Waals surface area contributed by atoms with Crippen LogP contribution in [0.15, 0.2) is 47.0 Å². The van der Waals surface area contributed by atoms with Crippen LogP contribution in [-0.4, -0.2) is 9.97 Å². The average Bonchev–Trinajstić information content (AvgIpc) is 2.73. The summed E-state index contributed by atoms with van der Waals surface area (Å²) in [7, 11) is 0. The summed E-state index contributed by atoms with van der Waals surface area (Å²) in [6, 6.07) is 12.2. The van der Waals surface area contributed by atoms with Crippen LogP contribution in [0.25, 0.3) is 33.0 Å². The van der Waals surface area contributed by atoms with Crippen LogP contribution in [-0.2, 0) is 0 Å². The largest absolute Gasteiger partial charge is 0.436 e. The first-order valence-electron chi connectivity index (χ1n) is 5.55. The third-order valence-corrected chi connectivity index (χ3v) is 3.20. The Hall–Kier alpha value is -2.13. The predicted molar refractivity (Wildman–Crippen MR) is 71.8 cm³/mol. The average molecular weight is 255 g/mol. The first-order chi connectivity index (χ1) is 8.81. The smallest absolute Gasteiger partial charge is 0.246 e. The zero-order valence-electron chi connectivity index (χ0n) is 9.22. The lowest BCUT2D eigenvalue weighted by Gasteiger charge is -1.96. The first kappa shape index (κ1) is 9.85. The molecule has 0 aliphatic rings. The number of nitrogens with zero attached hydrogens (tertiary/aromatic N) is 2. The van der Waals surface area contributed by atoms with Crippen LogP contribution in [0.5, 0.6) is 0 Å². The van der Waals surface area contributed by atoms with Gasteiger partial charge in [0, 0.05) is 5.39 Å². The molecule has 18 heavy (non-hydrogen) atoms. The van der Waals surface area contributed by atoms with Gasteiger partial charge in [0.25, 0.3) is 0 Å².